The number of aryl methyl sites for hydroxylation is 1. The van der Waals surface area contributed by atoms with Gasteiger partial charge in [0.1, 0.15) is 11.6 Å². The molecular formula is C23H20ClN3O2. The van der Waals surface area contributed by atoms with E-state index in [-0.39, 0.29) is 12.5 Å². The van der Waals surface area contributed by atoms with Gasteiger partial charge < -0.3 is 10.1 Å². The van der Waals surface area contributed by atoms with Crippen LogP contribution in [0.15, 0.2) is 66.7 Å². The Hall–Kier alpha value is -3.31. The summed E-state index contributed by atoms with van der Waals surface area (Å²) >= 11 is 6.14. The lowest BCUT2D eigenvalue weighted by molar-refractivity contribution is 0.0950. The Labute approximate surface area is 173 Å². The fourth-order valence-electron chi connectivity index (χ4n) is 3.28. The van der Waals surface area contributed by atoms with Gasteiger partial charge in [-0.05, 0) is 61.0 Å². The summed E-state index contributed by atoms with van der Waals surface area (Å²) in [4.78, 5) is 17.4. The molecule has 4 rings (SSSR count). The molecule has 0 aliphatic heterocycles. The summed E-state index contributed by atoms with van der Waals surface area (Å²) in [6.07, 6.45) is 0. The number of nitrogens with one attached hydrogen (secondary N) is 1. The predicted octanol–water partition coefficient (Wildman–Crippen LogP) is 4.93. The standard InChI is InChI=1S/C23H20ClN3O2/c1-15-7-12-21-20(13-15)26-22(27(21)16-8-10-17(29-2)11-9-16)14-25-23(28)18-5-3-4-6-19(18)24/h3-13H,14H2,1-2H3,(H,25,28). The van der Waals surface area contributed by atoms with Crippen LogP contribution in [0.5, 0.6) is 5.75 Å². The molecule has 1 heterocycles. The van der Waals surface area contributed by atoms with Crippen LogP contribution < -0.4 is 10.1 Å². The van der Waals surface area contributed by atoms with E-state index < -0.39 is 0 Å². The second-order valence-corrected chi connectivity index (χ2v) is 7.12. The van der Waals surface area contributed by atoms with Crippen molar-refractivity contribution in [2.24, 2.45) is 0 Å². The maximum Gasteiger partial charge on any atom is 0.253 e. The molecule has 0 aliphatic rings. The minimum Gasteiger partial charge on any atom is -0.497 e. The van der Waals surface area contributed by atoms with Crippen LogP contribution in [-0.4, -0.2) is 22.6 Å². The van der Waals surface area contributed by atoms with E-state index in [1.807, 2.05) is 47.9 Å². The average Bonchev–Trinajstić information content (AvgIpc) is 3.09. The Balaban J connectivity index is 1.71. The van der Waals surface area contributed by atoms with E-state index in [0.717, 1.165) is 33.9 Å². The molecule has 6 heteroatoms. The molecule has 0 unspecified atom stereocenters. The molecule has 0 atom stereocenters. The van der Waals surface area contributed by atoms with Crippen LogP contribution in [0, 0.1) is 6.92 Å². The first-order valence-electron chi connectivity index (χ1n) is 9.22. The number of carbonyl (C=O) groups is 1. The lowest BCUT2D eigenvalue weighted by Crippen LogP contribution is -2.24. The summed E-state index contributed by atoms with van der Waals surface area (Å²) < 4.78 is 7.31. The molecule has 29 heavy (non-hydrogen) atoms. The second kappa shape index (κ2) is 7.97. The number of rotatable bonds is 5. The van der Waals surface area contributed by atoms with Crippen LogP contribution >= 0.6 is 11.6 Å². The zero-order valence-corrected chi connectivity index (χ0v) is 16.9. The van der Waals surface area contributed by atoms with Crippen LogP contribution in [-0.2, 0) is 6.54 Å². The summed E-state index contributed by atoms with van der Waals surface area (Å²) in [5.41, 5.74) is 4.37. The smallest absolute Gasteiger partial charge is 0.253 e. The quantitative estimate of drug-likeness (QED) is 0.512. The number of hydrogen-bond donors (Lipinski definition) is 1. The molecule has 1 N–H and O–H groups in total. The third kappa shape index (κ3) is 3.82. The summed E-state index contributed by atoms with van der Waals surface area (Å²) in [5, 5.41) is 3.35. The Kier molecular flexibility index (Phi) is 5.23. The van der Waals surface area contributed by atoms with E-state index >= 15 is 0 Å². The number of amides is 1. The Morgan fingerprint density at radius 2 is 1.86 bits per heavy atom. The van der Waals surface area contributed by atoms with Crippen molar-refractivity contribution < 1.29 is 9.53 Å². The van der Waals surface area contributed by atoms with Crippen molar-refractivity contribution in [1.29, 1.82) is 0 Å². The minimum atomic E-state index is -0.236. The number of hydrogen-bond acceptors (Lipinski definition) is 3. The first kappa shape index (κ1) is 19.0. The predicted molar refractivity (Wildman–Crippen MR) is 115 cm³/mol. The zero-order chi connectivity index (χ0) is 20.4. The van der Waals surface area contributed by atoms with Crippen molar-refractivity contribution in [3.63, 3.8) is 0 Å². The van der Waals surface area contributed by atoms with Gasteiger partial charge >= 0.3 is 0 Å². The maximum atomic E-state index is 12.6. The molecule has 0 spiro atoms. The number of ether oxygens (including phenoxy) is 1. The van der Waals surface area contributed by atoms with E-state index in [0.29, 0.717) is 10.6 Å². The van der Waals surface area contributed by atoms with E-state index in [2.05, 4.69) is 11.4 Å². The molecule has 0 radical (unpaired) electrons. The molecule has 1 amide bonds. The SMILES string of the molecule is COc1ccc(-n2c(CNC(=O)c3ccccc3Cl)nc3cc(C)ccc32)cc1. The number of imidazole rings is 1. The third-order valence-corrected chi connectivity index (χ3v) is 5.07. The zero-order valence-electron chi connectivity index (χ0n) is 16.1. The molecule has 0 bridgehead atoms. The fourth-order valence-corrected chi connectivity index (χ4v) is 3.50. The van der Waals surface area contributed by atoms with Crippen molar-refractivity contribution in [3.8, 4) is 11.4 Å². The molecule has 3 aromatic carbocycles. The van der Waals surface area contributed by atoms with Crippen molar-refractivity contribution in [2.75, 3.05) is 7.11 Å². The highest BCUT2D eigenvalue weighted by atomic mass is 35.5. The monoisotopic (exact) mass is 405 g/mol. The van der Waals surface area contributed by atoms with Gasteiger partial charge in [-0.2, -0.15) is 0 Å². The molecule has 0 saturated carbocycles. The van der Waals surface area contributed by atoms with Crippen molar-refractivity contribution in [1.82, 2.24) is 14.9 Å². The highest BCUT2D eigenvalue weighted by molar-refractivity contribution is 6.33. The highest BCUT2D eigenvalue weighted by Crippen LogP contribution is 2.24. The highest BCUT2D eigenvalue weighted by Gasteiger charge is 2.15. The molecular weight excluding hydrogens is 386 g/mol. The topological polar surface area (TPSA) is 56.1 Å². The second-order valence-electron chi connectivity index (χ2n) is 6.72. The third-order valence-electron chi connectivity index (χ3n) is 4.74. The van der Waals surface area contributed by atoms with Gasteiger partial charge in [0.15, 0.2) is 0 Å². The number of carbonyl (C=O) groups excluding carboxylic acids is 1. The van der Waals surface area contributed by atoms with Gasteiger partial charge in [0.2, 0.25) is 0 Å². The Morgan fingerprint density at radius 3 is 2.59 bits per heavy atom. The van der Waals surface area contributed by atoms with Crippen LogP contribution in [0.4, 0.5) is 0 Å². The average molecular weight is 406 g/mol. The van der Waals surface area contributed by atoms with E-state index in [1.165, 1.54) is 0 Å². The van der Waals surface area contributed by atoms with E-state index in [9.17, 15) is 4.79 Å². The van der Waals surface area contributed by atoms with Crippen LogP contribution in [0.3, 0.4) is 0 Å². The number of fused-ring (bicyclic) bond motifs is 1. The van der Waals surface area contributed by atoms with Crippen molar-refractivity contribution >= 4 is 28.5 Å². The molecule has 5 nitrogen and oxygen atoms in total. The number of benzene rings is 3. The molecule has 0 fully saturated rings. The van der Waals surface area contributed by atoms with Crippen LogP contribution in [0.2, 0.25) is 5.02 Å². The summed E-state index contributed by atoms with van der Waals surface area (Å²) in [6.45, 7) is 2.30. The largest absolute Gasteiger partial charge is 0.497 e. The van der Waals surface area contributed by atoms with Crippen LogP contribution in [0.25, 0.3) is 16.7 Å². The maximum absolute atomic E-state index is 12.6. The van der Waals surface area contributed by atoms with Crippen LogP contribution in [0.1, 0.15) is 21.7 Å². The van der Waals surface area contributed by atoms with Gasteiger partial charge in [-0.15, -0.1) is 0 Å². The van der Waals surface area contributed by atoms with Gasteiger partial charge in [0.25, 0.3) is 5.91 Å². The van der Waals surface area contributed by atoms with Crippen molar-refractivity contribution in [2.45, 2.75) is 13.5 Å². The molecule has 146 valence electrons. The van der Waals surface area contributed by atoms with E-state index in [1.54, 1.807) is 31.4 Å². The lowest BCUT2D eigenvalue weighted by Gasteiger charge is -2.11. The van der Waals surface area contributed by atoms with Crippen molar-refractivity contribution in [3.05, 3.63) is 88.7 Å². The molecule has 4 aromatic rings. The molecule has 0 aliphatic carbocycles. The number of nitrogens with zero attached hydrogens (tertiary/aromatic N) is 2. The van der Waals surface area contributed by atoms with Gasteiger partial charge in [-0.1, -0.05) is 29.8 Å². The minimum absolute atomic E-state index is 0.236. The summed E-state index contributed by atoms with van der Waals surface area (Å²) in [7, 11) is 1.64. The van der Waals surface area contributed by atoms with Gasteiger partial charge in [-0.25, -0.2) is 4.98 Å². The fraction of sp³-hybridized carbons (Fsp3) is 0.130. The summed E-state index contributed by atoms with van der Waals surface area (Å²) in [6, 6.07) is 20.9. The number of halogens is 1. The number of aromatic nitrogens is 2. The summed E-state index contributed by atoms with van der Waals surface area (Å²) in [5.74, 6) is 1.28. The van der Waals surface area contributed by atoms with Gasteiger partial charge in [0.05, 0.1) is 35.3 Å². The van der Waals surface area contributed by atoms with E-state index in [4.69, 9.17) is 21.3 Å². The normalized spacial score (nSPS) is 10.9. The molecule has 1 aromatic heterocycles. The van der Waals surface area contributed by atoms with Gasteiger partial charge in [-0.3, -0.25) is 9.36 Å². The van der Waals surface area contributed by atoms with Gasteiger partial charge in [0, 0.05) is 5.69 Å². The Bertz CT molecular complexity index is 1180. The molecule has 0 saturated heterocycles. The first-order valence-corrected chi connectivity index (χ1v) is 9.60. The Morgan fingerprint density at radius 1 is 1.10 bits per heavy atom. The number of methoxy groups -OCH3 is 1. The first-order chi connectivity index (χ1) is 14.1. The lowest BCUT2D eigenvalue weighted by atomic mass is 10.2.